The van der Waals surface area contributed by atoms with Crippen molar-refractivity contribution >= 4 is 17.5 Å². The number of rotatable bonds is 5. The minimum absolute atomic E-state index is 0.0101. The Balaban J connectivity index is 2.80. The molecule has 0 aliphatic rings. The number of hydrogen-bond acceptors (Lipinski definition) is 2. The van der Waals surface area contributed by atoms with Gasteiger partial charge in [0.2, 0.25) is 11.8 Å². The molecule has 2 amide bonds. The zero-order valence-corrected chi connectivity index (χ0v) is 15.5. The van der Waals surface area contributed by atoms with Crippen molar-refractivity contribution in [3.05, 3.63) is 29.3 Å². The molecule has 0 aromatic heterocycles. The number of amides is 2. The predicted molar refractivity (Wildman–Crippen MR) is 95.7 cm³/mol. The molecule has 0 radical (unpaired) electrons. The lowest BCUT2D eigenvalue weighted by molar-refractivity contribution is -0.134. The molecule has 0 aliphatic heterocycles. The topological polar surface area (TPSA) is 49.4 Å². The van der Waals surface area contributed by atoms with Crippen LogP contribution < -0.4 is 5.32 Å². The Kier molecular flexibility index (Phi) is 6.37. The van der Waals surface area contributed by atoms with Gasteiger partial charge in [-0.25, -0.2) is 0 Å². The summed E-state index contributed by atoms with van der Waals surface area (Å²) >= 11 is 0. The van der Waals surface area contributed by atoms with E-state index in [1.807, 2.05) is 45.9 Å². The molecule has 0 unspecified atom stereocenters. The van der Waals surface area contributed by atoms with Gasteiger partial charge in [0.15, 0.2) is 0 Å². The number of nitrogens with one attached hydrogen (secondary N) is 1. The molecule has 128 valence electrons. The average Bonchev–Trinajstić information content (AvgIpc) is 2.38. The summed E-state index contributed by atoms with van der Waals surface area (Å²) in [6.07, 6.45) is 0.294. The largest absolute Gasteiger partial charge is 0.338 e. The van der Waals surface area contributed by atoms with Gasteiger partial charge in [0, 0.05) is 31.1 Å². The van der Waals surface area contributed by atoms with Crippen LogP contribution in [0.2, 0.25) is 0 Å². The fraction of sp³-hybridized carbons (Fsp3) is 0.579. The van der Waals surface area contributed by atoms with Crippen molar-refractivity contribution in [3.8, 4) is 0 Å². The van der Waals surface area contributed by atoms with E-state index in [2.05, 4.69) is 19.2 Å². The SMILES string of the molecule is CC(=O)N(CCC(=O)Nc1c(C)cccc1C(C)C)C(C)(C)C. The molecular formula is C19H30N2O2. The van der Waals surface area contributed by atoms with Gasteiger partial charge in [-0.2, -0.15) is 0 Å². The van der Waals surface area contributed by atoms with Gasteiger partial charge in [0.25, 0.3) is 0 Å². The van der Waals surface area contributed by atoms with Crippen molar-refractivity contribution < 1.29 is 9.59 Å². The Bertz CT molecular complexity index is 571. The number of carbonyl (C=O) groups excluding carboxylic acids is 2. The van der Waals surface area contributed by atoms with Crippen molar-refractivity contribution in [2.45, 2.75) is 66.3 Å². The van der Waals surface area contributed by atoms with Gasteiger partial charge in [0.05, 0.1) is 0 Å². The van der Waals surface area contributed by atoms with Crippen LogP contribution in [0.25, 0.3) is 0 Å². The van der Waals surface area contributed by atoms with Crippen LogP contribution in [0.4, 0.5) is 5.69 Å². The zero-order valence-electron chi connectivity index (χ0n) is 15.5. The molecule has 0 bridgehead atoms. The van der Waals surface area contributed by atoms with Crippen LogP contribution in [0, 0.1) is 6.92 Å². The lowest BCUT2D eigenvalue weighted by Gasteiger charge is -2.34. The molecule has 0 spiro atoms. The summed E-state index contributed by atoms with van der Waals surface area (Å²) in [5.74, 6) is 0.272. The van der Waals surface area contributed by atoms with Crippen LogP contribution in [0.3, 0.4) is 0 Å². The number of anilines is 1. The predicted octanol–water partition coefficient (Wildman–Crippen LogP) is 4.09. The van der Waals surface area contributed by atoms with Crippen molar-refractivity contribution in [1.29, 1.82) is 0 Å². The highest BCUT2D eigenvalue weighted by molar-refractivity contribution is 5.92. The molecule has 23 heavy (non-hydrogen) atoms. The number of para-hydroxylation sites is 1. The fourth-order valence-electron chi connectivity index (χ4n) is 2.72. The molecule has 0 saturated heterocycles. The molecule has 4 heteroatoms. The summed E-state index contributed by atoms with van der Waals surface area (Å²) in [4.78, 5) is 25.8. The van der Waals surface area contributed by atoms with E-state index in [9.17, 15) is 9.59 Å². The van der Waals surface area contributed by atoms with Gasteiger partial charge in [-0.1, -0.05) is 32.0 Å². The maximum Gasteiger partial charge on any atom is 0.226 e. The molecule has 0 saturated carbocycles. The first-order chi connectivity index (χ1) is 10.5. The van der Waals surface area contributed by atoms with E-state index < -0.39 is 0 Å². The number of carbonyl (C=O) groups is 2. The lowest BCUT2D eigenvalue weighted by atomic mass is 9.98. The van der Waals surface area contributed by atoms with Gasteiger partial charge in [-0.05, 0) is 44.7 Å². The van der Waals surface area contributed by atoms with E-state index in [0.717, 1.165) is 16.8 Å². The summed E-state index contributed by atoms with van der Waals surface area (Å²) in [7, 11) is 0. The minimum Gasteiger partial charge on any atom is -0.338 e. The Labute approximate surface area is 140 Å². The molecule has 1 aromatic carbocycles. The summed E-state index contributed by atoms with van der Waals surface area (Å²) in [6.45, 7) is 14.1. The third kappa shape index (κ3) is 5.38. The molecule has 0 fully saturated rings. The summed E-state index contributed by atoms with van der Waals surface area (Å²) in [5.41, 5.74) is 2.82. The highest BCUT2D eigenvalue weighted by Crippen LogP contribution is 2.27. The quantitative estimate of drug-likeness (QED) is 0.889. The molecule has 0 atom stereocenters. The van der Waals surface area contributed by atoms with E-state index in [4.69, 9.17) is 0 Å². The van der Waals surface area contributed by atoms with Crippen LogP contribution in [0.5, 0.6) is 0 Å². The van der Waals surface area contributed by atoms with Gasteiger partial charge in [0.1, 0.15) is 0 Å². The van der Waals surface area contributed by atoms with Crippen molar-refractivity contribution in [2.24, 2.45) is 0 Å². The number of hydrogen-bond donors (Lipinski definition) is 1. The minimum atomic E-state index is -0.280. The molecule has 4 nitrogen and oxygen atoms in total. The first-order valence-electron chi connectivity index (χ1n) is 8.21. The maximum absolute atomic E-state index is 12.3. The number of benzene rings is 1. The Morgan fingerprint density at radius 3 is 2.30 bits per heavy atom. The van der Waals surface area contributed by atoms with Gasteiger partial charge in [-0.3, -0.25) is 9.59 Å². The van der Waals surface area contributed by atoms with Crippen LogP contribution in [0.15, 0.2) is 18.2 Å². The van der Waals surface area contributed by atoms with Crippen LogP contribution in [-0.4, -0.2) is 28.8 Å². The van der Waals surface area contributed by atoms with Crippen molar-refractivity contribution in [2.75, 3.05) is 11.9 Å². The Morgan fingerprint density at radius 2 is 1.83 bits per heavy atom. The first kappa shape index (κ1) is 19.2. The normalized spacial score (nSPS) is 11.5. The average molecular weight is 318 g/mol. The standard InChI is InChI=1S/C19H30N2O2/c1-13(2)16-10-8-9-14(3)18(16)20-17(23)11-12-21(15(4)22)19(5,6)7/h8-10,13H,11-12H2,1-7H3,(H,20,23). The van der Waals surface area contributed by atoms with E-state index in [1.165, 1.54) is 0 Å². The molecule has 1 aromatic rings. The lowest BCUT2D eigenvalue weighted by Crippen LogP contribution is -2.45. The molecule has 1 N–H and O–H groups in total. The molecular weight excluding hydrogens is 288 g/mol. The van der Waals surface area contributed by atoms with Crippen molar-refractivity contribution in [1.82, 2.24) is 4.90 Å². The second-order valence-electron chi connectivity index (χ2n) is 7.33. The summed E-state index contributed by atoms with van der Waals surface area (Å²) in [5, 5.41) is 3.03. The summed E-state index contributed by atoms with van der Waals surface area (Å²) in [6, 6.07) is 6.06. The Hall–Kier alpha value is -1.84. The fourth-order valence-corrected chi connectivity index (χ4v) is 2.72. The van der Waals surface area contributed by atoms with Crippen LogP contribution >= 0.6 is 0 Å². The third-order valence-corrected chi connectivity index (χ3v) is 3.94. The highest BCUT2D eigenvalue weighted by Gasteiger charge is 2.24. The highest BCUT2D eigenvalue weighted by atomic mass is 16.2. The Morgan fingerprint density at radius 1 is 1.22 bits per heavy atom. The number of aryl methyl sites for hydroxylation is 1. The van der Waals surface area contributed by atoms with Crippen LogP contribution in [-0.2, 0) is 9.59 Å². The van der Waals surface area contributed by atoms with Gasteiger partial charge >= 0.3 is 0 Å². The van der Waals surface area contributed by atoms with E-state index >= 15 is 0 Å². The zero-order chi connectivity index (χ0) is 17.8. The summed E-state index contributed by atoms with van der Waals surface area (Å²) < 4.78 is 0. The molecule has 0 aliphatic carbocycles. The van der Waals surface area contributed by atoms with E-state index in [-0.39, 0.29) is 17.4 Å². The first-order valence-corrected chi connectivity index (χ1v) is 8.21. The monoisotopic (exact) mass is 318 g/mol. The van der Waals surface area contributed by atoms with E-state index in [1.54, 1.807) is 11.8 Å². The molecule has 1 rings (SSSR count). The van der Waals surface area contributed by atoms with Gasteiger partial charge < -0.3 is 10.2 Å². The third-order valence-electron chi connectivity index (χ3n) is 3.94. The smallest absolute Gasteiger partial charge is 0.226 e. The van der Waals surface area contributed by atoms with Gasteiger partial charge in [-0.15, -0.1) is 0 Å². The van der Waals surface area contributed by atoms with Crippen LogP contribution in [0.1, 0.15) is 65.0 Å². The van der Waals surface area contributed by atoms with E-state index in [0.29, 0.717) is 18.9 Å². The maximum atomic E-state index is 12.3. The van der Waals surface area contributed by atoms with Crippen molar-refractivity contribution in [3.63, 3.8) is 0 Å². The molecule has 0 heterocycles. The second-order valence-corrected chi connectivity index (χ2v) is 7.33. The number of nitrogens with zero attached hydrogens (tertiary/aromatic N) is 1. The second kappa shape index (κ2) is 7.62.